The Kier molecular flexibility index (Phi) is 6.84. The number of carboxylic acids is 1. The summed E-state index contributed by atoms with van der Waals surface area (Å²) in [5.41, 5.74) is 1.07. The number of rotatable bonds is 5. The van der Waals surface area contributed by atoms with Gasteiger partial charge in [-0.3, -0.25) is 19.4 Å². The summed E-state index contributed by atoms with van der Waals surface area (Å²) in [6.07, 6.45) is 0.596. The molecule has 0 saturated carbocycles. The van der Waals surface area contributed by atoms with E-state index in [4.69, 9.17) is 0 Å². The molecule has 2 heterocycles. The number of para-hydroxylation sites is 1. The number of piperidine rings is 1. The molecule has 3 aromatic carbocycles. The summed E-state index contributed by atoms with van der Waals surface area (Å²) in [6.45, 7) is 0.943. The van der Waals surface area contributed by atoms with Crippen LogP contribution < -0.4 is 9.80 Å². The predicted octanol–water partition coefficient (Wildman–Crippen LogP) is 5.37. The van der Waals surface area contributed by atoms with Crippen LogP contribution in [0.25, 0.3) is 0 Å². The van der Waals surface area contributed by atoms with Gasteiger partial charge in [-0.15, -0.1) is 0 Å². The van der Waals surface area contributed by atoms with Gasteiger partial charge in [0.15, 0.2) is 0 Å². The molecule has 0 spiro atoms. The molecule has 5 rings (SSSR count). The minimum atomic E-state index is -1.40. The van der Waals surface area contributed by atoms with E-state index >= 15 is 0 Å². The maximum atomic E-state index is 14.0. The highest BCUT2D eigenvalue weighted by molar-refractivity contribution is 6.02. The average Bonchev–Trinajstić information content (AvgIpc) is 3.34. The first-order chi connectivity index (χ1) is 18.3. The van der Waals surface area contributed by atoms with Crippen molar-refractivity contribution in [3.05, 3.63) is 90.0 Å². The Hall–Kier alpha value is -4.27. The number of hydrogen-bond acceptors (Lipinski definition) is 3. The van der Waals surface area contributed by atoms with Crippen molar-refractivity contribution >= 4 is 35.0 Å². The van der Waals surface area contributed by atoms with E-state index in [2.05, 4.69) is 0 Å². The lowest BCUT2D eigenvalue weighted by Gasteiger charge is -2.40. The minimum Gasteiger partial charge on any atom is -0.481 e. The van der Waals surface area contributed by atoms with Crippen LogP contribution in [0.4, 0.5) is 30.6 Å². The summed E-state index contributed by atoms with van der Waals surface area (Å²) in [6, 6.07) is 18.1. The molecule has 0 radical (unpaired) electrons. The molecule has 196 valence electrons. The molecule has 1 fully saturated rings. The number of fused-ring (bicyclic) bond motifs is 1. The molecule has 3 amide bonds. The van der Waals surface area contributed by atoms with Gasteiger partial charge in [0.25, 0.3) is 0 Å². The lowest BCUT2D eigenvalue weighted by molar-refractivity contribution is -0.154. The van der Waals surface area contributed by atoms with Crippen molar-refractivity contribution < 1.29 is 28.3 Å². The second-order valence-corrected chi connectivity index (χ2v) is 9.75. The van der Waals surface area contributed by atoms with Crippen molar-refractivity contribution in [1.29, 1.82) is 0 Å². The topological polar surface area (TPSA) is 81.2 Å². The standard InChI is InChI=1S/C29H27F2N3O4/c30-21-8-10-23(11-9-21)34(24-6-3-5-22(31)18-24)26(35)19-29(27(36)37)13-16-32(17-14-29)28(38)33-15-12-20-4-1-2-7-25(20)33/h1-11,18H,12-17,19H2,(H,36,37). The van der Waals surface area contributed by atoms with E-state index in [1.165, 1.54) is 53.4 Å². The summed E-state index contributed by atoms with van der Waals surface area (Å²) in [4.78, 5) is 44.0. The molecule has 0 bridgehead atoms. The lowest BCUT2D eigenvalue weighted by atomic mass is 9.75. The van der Waals surface area contributed by atoms with Crippen molar-refractivity contribution in [3.8, 4) is 0 Å². The van der Waals surface area contributed by atoms with Crippen LogP contribution in [0.5, 0.6) is 0 Å². The Morgan fingerprint density at radius 3 is 2.24 bits per heavy atom. The maximum Gasteiger partial charge on any atom is 0.324 e. The number of amides is 3. The summed E-state index contributed by atoms with van der Waals surface area (Å²) in [7, 11) is 0. The SMILES string of the molecule is O=C(N1CCC(CC(=O)N(c2ccc(F)cc2)c2cccc(F)c2)(C(=O)O)CC1)N1CCc2ccccc21. The van der Waals surface area contributed by atoms with Crippen LogP contribution >= 0.6 is 0 Å². The quantitative estimate of drug-likeness (QED) is 0.492. The van der Waals surface area contributed by atoms with Gasteiger partial charge in [-0.1, -0.05) is 24.3 Å². The number of carbonyl (C=O) groups is 3. The van der Waals surface area contributed by atoms with Gasteiger partial charge in [0, 0.05) is 37.4 Å². The molecule has 0 atom stereocenters. The van der Waals surface area contributed by atoms with Crippen molar-refractivity contribution in [3.63, 3.8) is 0 Å². The number of aliphatic carboxylic acids is 1. The van der Waals surface area contributed by atoms with Crippen molar-refractivity contribution in [2.75, 3.05) is 29.4 Å². The van der Waals surface area contributed by atoms with Gasteiger partial charge in [0.2, 0.25) is 5.91 Å². The van der Waals surface area contributed by atoms with Crippen LogP contribution in [0.15, 0.2) is 72.8 Å². The third-order valence-electron chi connectivity index (χ3n) is 7.45. The molecule has 2 aliphatic heterocycles. The first-order valence-electron chi connectivity index (χ1n) is 12.5. The third-order valence-corrected chi connectivity index (χ3v) is 7.45. The van der Waals surface area contributed by atoms with Crippen LogP contribution in [-0.2, 0) is 16.0 Å². The fourth-order valence-electron chi connectivity index (χ4n) is 5.31. The molecule has 38 heavy (non-hydrogen) atoms. The summed E-state index contributed by atoms with van der Waals surface area (Å²) < 4.78 is 27.6. The largest absolute Gasteiger partial charge is 0.481 e. The number of benzene rings is 3. The Labute approximate surface area is 218 Å². The smallest absolute Gasteiger partial charge is 0.324 e. The maximum absolute atomic E-state index is 14.0. The average molecular weight is 520 g/mol. The van der Waals surface area contributed by atoms with Crippen molar-refractivity contribution in [2.24, 2.45) is 5.41 Å². The van der Waals surface area contributed by atoms with Gasteiger partial charge in [0.1, 0.15) is 11.6 Å². The molecule has 7 nitrogen and oxygen atoms in total. The molecule has 0 aliphatic carbocycles. The molecular formula is C29H27F2N3O4. The molecule has 1 N–H and O–H groups in total. The van der Waals surface area contributed by atoms with Gasteiger partial charge in [-0.25, -0.2) is 13.6 Å². The highest BCUT2D eigenvalue weighted by Crippen LogP contribution is 2.39. The Bertz CT molecular complexity index is 1370. The summed E-state index contributed by atoms with van der Waals surface area (Å²) in [5.74, 6) is -2.74. The van der Waals surface area contributed by atoms with Crippen molar-refractivity contribution in [1.82, 2.24) is 4.90 Å². The first kappa shape index (κ1) is 25.4. The third kappa shape index (κ3) is 4.83. The zero-order valence-electron chi connectivity index (χ0n) is 20.6. The molecule has 0 aromatic heterocycles. The number of nitrogens with zero attached hydrogens (tertiary/aromatic N) is 3. The van der Waals surface area contributed by atoms with Crippen LogP contribution in [-0.4, -0.2) is 47.5 Å². The molecule has 0 unspecified atom stereocenters. The number of hydrogen-bond donors (Lipinski definition) is 1. The summed E-state index contributed by atoms with van der Waals surface area (Å²) >= 11 is 0. The van der Waals surface area contributed by atoms with Gasteiger partial charge in [-0.2, -0.15) is 0 Å². The number of urea groups is 1. The van der Waals surface area contributed by atoms with Gasteiger partial charge in [-0.05, 0) is 73.4 Å². The van der Waals surface area contributed by atoms with Crippen LogP contribution in [0.2, 0.25) is 0 Å². The number of carbonyl (C=O) groups excluding carboxylic acids is 2. The fourth-order valence-corrected chi connectivity index (χ4v) is 5.31. The highest BCUT2D eigenvalue weighted by atomic mass is 19.1. The number of anilines is 3. The number of halogens is 2. The van der Waals surface area contributed by atoms with E-state index in [0.29, 0.717) is 12.2 Å². The fraction of sp³-hybridized carbons (Fsp3) is 0.276. The normalized spacial score (nSPS) is 16.2. The monoisotopic (exact) mass is 519 g/mol. The van der Waals surface area contributed by atoms with Crippen molar-refractivity contribution in [2.45, 2.75) is 25.7 Å². The van der Waals surface area contributed by atoms with Gasteiger partial charge in [0.05, 0.1) is 11.1 Å². The van der Waals surface area contributed by atoms with Crippen LogP contribution in [0.3, 0.4) is 0 Å². The number of likely N-dealkylation sites (tertiary alicyclic amines) is 1. The van der Waals surface area contributed by atoms with E-state index in [1.54, 1.807) is 9.80 Å². The molecule has 9 heteroatoms. The molecule has 2 aliphatic rings. The Morgan fingerprint density at radius 1 is 0.842 bits per heavy atom. The second-order valence-electron chi connectivity index (χ2n) is 9.75. The number of carboxylic acid groups (broad SMARTS) is 1. The first-order valence-corrected chi connectivity index (χ1v) is 12.5. The highest BCUT2D eigenvalue weighted by Gasteiger charge is 2.46. The van der Waals surface area contributed by atoms with E-state index in [-0.39, 0.29) is 44.1 Å². The van der Waals surface area contributed by atoms with Crippen LogP contribution in [0.1, 0.15) is 24.8 Å². The van der Waals surface area contributed by atoms with Gasteiger partial charge >= 0.3 is 12.0 Å². The van der Waals surface area contributed by atoms with E-state index in [1.807, 2.05) is 24.3 Å². The molecule has 3 aromatic rings. The predicted molar refractivity (Wildman–Crippen MR) is 138 cm³/mol. The second kappa shape index (κ2) is 10.2. The Morgan fingerprint density at radius 2 is 1.55 bits per heavy atom. The van der Waals surface area contributed by atoms with Gasteiger partial charge < -0.3 is 10.0 Å². The van der Waals surface area contributed by atoms with E-state index in [9.17, 15) is 28.3 Å². The Balaban J connectivity index is 1.35. The van der Waals surface area contributed by atoms with E-state index < -0.39 is 28.9 Å². The minimum absolute atomic E-state index is 0.0930. The van der Waals surface area contributed by atoms with E-state index in [0.717, 1.165) is 17.7 Å². The molecular weight excluding hydrogens is 492 g/mol. The van der Waals surface area contributed by atoms with Crippen LogP contribution in [0, 0.1) is 17.0 Å². The summed E-state index contributed by atoms with van der Waals surface area (Å²) in [5, 5.41) is 10.2. The lowest BCUT2D eigenvalue weighted by Crippen LogP contribution is -2.51. The zero-order valence-corrected chi connectivity index (χ0v) is 20.6. The zero-order chi connectivity index (χ0) is 26.9. The molecule has 1 saturated heterocycles.